The van der Waals surface area contributed by atoms with E-state index in [1.54, 1.807) is 44.2 Å². The zero-order chi connectivity index (χ0) is 35.1. The summed E-state index contributed by atoms with van der Waals surface area (Å²) in [7, 11) is 0. The second-order valence-electron chi connectivity index (χ2n) is 11.1. The van der Waals surface area contributed by atoms with E-state index in [1.165, 1.54) is 20.1 Å². The summed E-state index contributed by atoms with van der Waals surface area (Å²) in [5.74, 6) is -0.115. The van der Waals surface area contributed by atoms with Gasteiger partial charge in [-0.25, -0.2) is 9.59 Å². The van der Waals surface area contributed by atoms with Crippen molar-refractivity contribution in [2.24, 2.45) is 10.3 Å². The number of carbonyl (C=O) groups is 3. The Bertz CT molecular complexity index is 2160. The molecule has 0 spiro atoms. The van der Waals surface area contributed by atoms with Crippen LogP contribution in [0.25, 0.3) is 27.5 Å². The van der Waals surface area contributed by atoms with Crippen molar-refractivity contribution in [3.63, 3.8) is 0 Å². The van der Waals surface area contributed by atoms with Crippen LogP contribution in [0, 0.1) is 0 Å². The lowest BCUT2D eigenvalue weighted by Crippen LogP contribution is -2.03. The van der Waals surface area contributed by atoms with Gasteiger partial charge in [-0.1, -0.05) is 41.2 Å². The molecule has 0 aliphatic heterocycles. The van der Waals surface area contributed by atoms with Crippen molar-refractivity contribution in [3.05, 3.63) is 132 Å². The molecule has 0 fully saturated rings. The molecule has 0 bridgehead atoms. The lowest BCUT2D eigenvalue weighted by atomic mass is 10.0. The van der Waals surface area contributed by atoms with E-state index in [0.717, 1.165) is 38.6 Å². The molecule has 10 nitrogen and oxygen atoms in total. The number of oxime groups is 2. The lowest BCUT2D eigenvalue weighted by molar-refractivity contribution is -0.141. The molecular formula is C39H35N3O7. The number of benzene rings is 4. The third kappa shape index (κ3) is 7.99. The number of allylic oxidation sites excluding steroid dienone is 1. The maximum atomic E-state index is 13.7. The van der Waals surface area contributed by atoms with E-state index in [1.807, 2.05) is 67.6 Å². The highest BCUT2D eigenvalue weighted by Gasteiger charge is 2.18. The van der Waals surface area contributed by atoms with E-state index >= 15 is 0 Å². The summed E-state index contributed by atoms with van der Waals surface area (Å²) in [5, 5.41) is 9.57. The Kier molecular flexibility index (Phi) is 10.5. The summed E-state index contributed by atoms with van der Waals surface area (Å²) >= 11 is 0. The molecule has 0 aliphatic rings. The molecule has 5 aromatic rings. The van der Waals surface area contributed by atoms with Gasteiger partial charge < -0.3 is 23.7 Å². The molecule has 0 unspecified atom stereocenters. The standard InChI is InChI=1S/C39H35N3O7/c1-7-20-46-24(2)23-47-34-16-10-30(11-17-34)39(45)32-13-19-38-36(22-32)35-21-31(26(4)41-49-28(6)44)12-18-37(35)42(38)33-14-8-29(9-15-33)25(3)40-48-27(5)43/h7-22H,2,23H2,1,3-6H3/b20-7-,40-25-,41-26+. The third-order valence-electron chi connectivity index (χ3n) is 7.50. The number of hydrogen-bond acceptors (Lipinski definition) is 9. The molecule has 0 saturated heterocycles. The molecule has 0 aliphatic carbocycles. The summed E-state index contributed by atoms with van der Waals surface area (Å²) in [4.78, 5) is 46.0. The van der Waals surface area contributed by atoms with Crippen LogP contribution in [-0.2, 0) is 24.0 Å². The molecule has 248 valence electrons. The number of nitrogens with zero attached hydrogens (tertiary/aromatic N) is 3. The van der Waals surface area contributed by atoms with E-state index in [4.69, 9.17) is 19.1 Å². The Balaban J connectivity index is 1.54. The Morgan fingerprint density at radius 1 is 0.694 bits per heavy atom. The normalized spacial score (nSPS) is 11.9. The number of carbonyl (C=O) groups excluding carboxylic acids is 3. The first-order chi connectivity index (χ1) is 23.5. The summed E-state index contributed by atoms with van der Waals surface area (Å²) in [6, 6.07) is 26.1. The van der Waals surface area contributed by atoms with Crippen LogP contribution in [0.5, 0.6) is 5.75 Å². The Morgan fingerprint density at radius 2 is 1.20 bits per heavy atom. The first-order valence-corrected chi connectivity index (χ1v) is 15.4. The first kappa shape index (κ1) is 34.1. The van der Waals surface area contributed by atoms with Crippen molar-refractivity contribution in [2.45, 2.75) is 34.6 Å². The van der Waals surface area contributed by atoms with Crippen LogP contribution in [0.2, 0.25) is 0 Å². The van der Waals surface area contributed by atoms with Gasteiger partial charge in [-0.3, -0.25) is 4.79 Å². The zero-order valence-corrected chi connectivity index (χ0v) is 27.9. The van der Waals surface area contributed by atoms with Crippen molar-refractivity contribution in [1.82, 2.24) is 4.57 Å². The van der Waals surface area contributed by atoms with Gasteiger partial charge in [0.2, 0.25) is 0 Å². The monoisotopic (exact) mass is 657 g/mol. The number of fused-ring (bicyclic) bond motifs is 3. The summed E-state index contributed by atoms with van der Waals surface area (Å²) in [6.45, 7) is 11.9. The lowest BCUT2D eigenvalue weighted by Gasteiger charge is -2.10. The second kappa shape index (κ2) is 15.1. The summed E-state index contributed by atoms with van der Waals surface area (Å²) in [6.07, 6.45) is 3.29. The van der Waals surface area contributed by atoms with Gasteiger partial charge in [0.05, 0.1) is 28.7 Å². The average molecular weight is 658 g/mol. The Hall–Kier alpha value is -6.29. The molecule has 49 heavy (non-hydrogen) atoms. The number of aromatic nitrogens is 1. The number of hydrogen-bond donors (Lipinski definition) is 0. The first-order valence-electron chi connectivity index (χ1n) is 15.4. The van der Waals surface area contributed by atoms with Crippen LogP contribution >= 0.6 is 0 Å². The van der Waals surface area contributed by atoms with Gasteiger partial charge in [0.1, 0.15) is 18.1 Å². The highest BCUT2D eigenvalue weighted by atomic mass is 16.7. The quantitative estimate of drug-likeness (QED) is 0.0438. The molecule has 5 rings (SSSR count). The Labute approximate surface area is 283 Å². The molecular weight excluding hydrogens is 622 g/mol. The number of ketones is 1. The fourth-order valence-electron chi connectivity index (χ4n) is 5.12. The van der Waals surface area contributed by atoms with Gasteiger partial charge in [-0.15, -0.1) is 0 Å². The smallest absolute Gasteiger partial charge is 0.331 e. The third-order valence-corrected chi connectivity index (χ3v) is 7.50. The minimum absolute atomic E-state index is 0.147. The topological polar surface area (TPSA) is 118 Å². The van der Waals surface area contributed by atoms with E-state index < -0.39 is 11.9 Å². The van der Waals surface area contributed by atoms with Gasteiger partial charge in [0, 0.05) is 41.4 Å². The maximum Gasteiger partial charge on any atom is 0.331 e. The second-order valence-corrected chi connectivity index (χ2v) is 11.1. The molecule has 0 atom stereocenters. The predicted molar refractivity (Wildman–Crippen MR) is 189 cm³/mol. The summed E-state index contributed by atoms with van der Waals surface area (Å²) < 4.78 is 13.1. The highest BCUT2D eigenvalue weighted by molar-refractivity contribution is 6.16. The predicted octanol–water partition coefficient (Wildman–Crippen LogP) is 8.03. The largest absolute Gasteiger partial charge is 0.486 e. The van der Waals surface area contributed by atoms with Gasteiger partial charge in [0.25, 0.3) is 0 Å². The average Bonchev–Trinajstić information content (AvgIpc) is 3.43. The maximum absolute atomic E-state index is 13.7. The van der Waals surface area contributed by atoms with Crippen LogP contribution in [0.15, 0.2) is 120 Å². The van der Waals surface area contributed by atoms with Gasteiger partial charge >= 0.3 is 11.9 Å². The SMILES string of the molecule is C=C(COc1ccc(C(=O)c2ccc3c(c2)c2cc(/C(C)=N/OC(C)=O)ccc2n3-c2ccc(/C(C)=N\OC(C)=O)cc2)cc1)O/C=C\C. The van der Waals surface area contributed by atoms with Crippen LogP contribution in [-0.4, -0.2) is 40.3 Å². The van der Waals surface area contributed by atoms with Crippen LogP contribution in [0.4, 0.5) is 0 Å². The molecule has 0 radical (unpaired) electrons. The van der Waals surface area contributed by atoms with Crippen LogP contribution < -0.4 is 4.74 Å². The zero-order valence-electron chi connectivity index (χ0n) is 27.9. The number of ether oxygens (including phenoxy) is 2. The fourth-order valence-corrected chi connectivity index (χ4v) is 5.12. The molecule has 0 saturated carbocycles. The summed E-state index contributed by atoms with van der Waals surface area (Å²) in [5.41, 5.74) is 6.29. The van der Waals surface area contributed by atoms with Crippen LogP contribution in [0.1, 0.15) is 61.7 Å². The molecule has 1 aromatic heterocycles. The molecule has 0 N–H and O–H groups in total. The molecule has 4 aromatic carbocycles. The highest BCUT2D eigenvalue weighted by Crippen LogP contribution is 2.34. The Morgan fingerprint density at radius 3 is 1.78 bits per heavy atom. The number of rotatable bonds is 12. The minimum Gasteiger partial charge on any atom is -0.486 e. The minimum atomic E-state index is -0.514. The van der Waals surface area contributed by atoms with Gasteiger partial charge in [-0.05, 0) is 98.6 Å². The van der Waals surface area contributed by atoms with E-state index in [9.17, 15) is 14.4 Å². The van der Waals surface area contributed by atoms with Crippen molar-refractivity contribution < 1.29 is 33.5 Å². The molecule has 0 amide bonds. The van der Waals surface area contributed by atoms with Crippen molar-refractivity contribution >= 4 is 51.0 Å². The molecule has 10 heteroatoms. The van der Waals surface area contributed by atoms with Crippen molar-refractivity contribution in [2.75, 3.05) is 6.61 Å². The van der Waals surface area contributed by atoms with Crippen molar-refractivity contribution in [3.8, 4) is 11.4 Å². The van der Waals surface area contributed by atoms with E-state index in [2.05, 4.69) is 21.5 Å². The van der Waals surface area contributed by atoms with E-state index in [-0.39, 0.29) is 12.4 Å². The fraction of sp³-hybridized carbons (Fsp3) is 0.154. The van der Waals surface area contributed by atoms with Crippen LogP contribution in [0.3, 0.4) is 0 Å². The molecule has 1 heterocycles. The van der Waals surface area contributed by atoms with Gasteiger partial charge in [-0.2, -0.15) is 0 Å². The van der Waals surface area contributed by atoms with Crippen molar-refractivity contribution in [1.29, 1.82) is 0 Å². The van der Waals surface area contributed by atoms with Gasteiger partial charge in [0.15, 0.2) is 5.78 Å². The van der Waals surface area contributed by atoms with E-state index in [0.29, 0.717) is 34.1 Å².